The molecule has 182 valence electrons. The number of pyridine rings is 1. The summed E-state index contributed by atoms with van der Waals surface area (Å²) in [6.07, 6.45) is 17.9. The summed E-state index contributed by atoms with van der Waals surface area (Å²) in [6.45, 7) is 3.94. The molecular weight excluding hydrogens is 410 g/mol. The van der Waals surface area contributed by atoms with E-state index in [0.29, 0.717) is 13.1 Å². The van der Waals surface area contributed by atoms with Crippen LogP contribution in [0.25, 0.3) is 0 Å². The molecule has 0 aliphatic rings. The highest BCUT2D eigenvalue weighted by Gasteiger charge is 2.02. The molecule has 5 nitrogen and oxygen atoms in total. The van der Waals surface area contributed by atoms with Crippen molar-refractivity contribution in [3.8, 4) is 5.75 Å². The van der Waals surface area contributed by atoms with Gasteiger partial charge in [-0.2, -0.15) is 0 Å². The zero-order valence-corrected chi connectivity index (χ0v) is 20.5. The number of hydrogen-bond acceptors (Lipinski definition) is 3. The Bertz CT molecular complexity index is 735. The van der Waals surface area contributed by atoms with E-state index in [1.165, 1.54) is 70.6 Å². The van der Waals surface area contributed by atoms with Crippen LogP contribution in [0, 0.1) is 0 Å². The van der Waals surface area contributed by atoms with E-state index in [1.54, 1.807) is 6.20 Å². The number of carbonyl (C=O) groups excluding carboxylic acids is 1. The van der Waals surface area contributed by atoms with Gasteiger partial charge in [-0.25, -0.2) is 4.79 Å². The van der Waals surface area contributed by atoms with Crippen molar-refractivity contribution in [2.24, 2.45) is 0 Å². The highest BCUT2D eigenvalue weighted by Crippen LogP contribution is 2.14. The Balaban J connectivity index is 1.44. The molecule has 2 rings (SSSR count). The van der Waals surface area contributed by atoms with Gasteiger partial charge in [0.15, 0.2) is 0 Å². The smallest absolute Gasteiger partial charge is 0.315 e. The first-order chi connectivity index (χ1) is 16.3. The minimum atomic E-state index is -0.201. The van der Waals surface area contributed by atoms with Crippen LogP contribution in [0.4, 0.5) is 4.79 Å². The van der Waals surface area contributed by atoms with E-state index in [1.807, 2.05) is 42.5 Å². The number of benzene rings is 1. The molecule has 33 heavy (non-hydrogen) atoms. The Morgan fingerprint density at radius 2 is 1.36 bits per heavy atom. The molecular formula is C28H43N3O2. The van der Waals surface area contributed by atoms with Gasteiger partial charge in [-0.15, -0.1) is 0 Å². The first-order valence-electron chi connectivity index (χ1n) is 12.9. The van der Waals surface area contributed by atoms with Crippen molar-refractivity contribution in [1.29, 1.82) is 0 Å². The highest BCUT2D eigenvalue weighted by atomic mass is 16.5. The van der Waals surface area contributed by atoms with Crippen LogP contribution in [0.3, 0.4) is 0 Å². The van der Waals surface area contributed by atoms with Gasteiger partial charge in [0.2, 0.25) is 0 Å². The van der Waals surface area contributed by atoms with Gasteiger partial charge in [-0.1, -0.05) is 95.8 Å². The van der Waals surface area contributed by atoms with Crippen molar-refractivity contribution in [1.82, 2.24) is 15.6 Å². The van der Waals surface area contributed by atoms with Crippen molar-refractivity contribution in [2.45, 2.75) is 97.1 Å². The average Bonchev–Trinajstić information content (AvgIpc) is 2.85. The van der Waals surface area contributed by atoms with Gasteiger partial charge in [-0.05, 0) is 36.2 Å². The maximum Gasteiger partial charge on any atom is 0.315 e. The molecule has 5 heteroatoms. The Labute approximate surface area is 200 Å². The van der Waals surface area contributed by atoms with Crippen LogP contribution < -0.4 is 15.4 Å². The quantitative estimate of drug-likeness (QED) is 0.235. The number of hydrogen-bond donors (Lipinski definition) is 2. The summed E-state index contributed by atoms with van der Waals surface area (Å²) >= 11 is 0. The van der Waals surface area contributed by atoms with Gasteiger partial charge in [-0.3, -0.25) is 4.98 Å². The number of aromatic nitrogens is 1. The molecule has 2 amide bonds. The van der Waals surface area contributed by atoms with E-state index in [-0.39, 0.29) is 6.03 Å². The molecule has 2 N–H and O–H groups in total. The van der Waals surface area contributed by atoms with Crippen LogP contribution in [0.15, 0.2) is 48.7 Å². The zero-order valence-electron chi connectivity index (χ0n) is 20.5. The van der Waals surface area contributed by atoms with Crippen molar-refractivity contribution in [2.75, 3.05) is 6.61 Å². The number of carbonyl (C=O) groups is 1. The summed E-state index contributed by atoms with van der Waals surface area (Å²) < 4.78 is 5.86. The van der Waals surface area contributed by atoms with Gasteiger partial charge in [0, 0.05) is 12.7 Å². The predicted octanol–water partition coefficient (Wildman–Crippen LogP) is 7.16. The maximum atomic E-state index is 11.9. The number of amides is 2. The lowest BCUT2D eigenvalue weighted by Crippen LogP contribution is -2.34. The fourth-order valence-corrected chi connectivity index (χ4v) is 3.75. The molecule has 1 heterocycles. The molecule has 0 aliphatic carbocycles. The van der Waals surface area contributed by atoms with Crippen molar-refractivity contribution >= 4 is 6.03 Å². The molecule has 0 radical (unpaired) electrons. The van der Waals surface area contributed by atoms with Crippen LogP contribution in [-0.4, -0.2) is 17.6 Å². The lowest BCUT2D eigenvalue weighted by atomic mass is 10.1. The fraction of sp³-hybridized carbons (Fsp3) is 0.571. The van der Waals surface area contributed by atoms with Crippen LogP contribution in [-0.2, 0) is 13.1 Å². The summed E-state index contributed by atoms with van der Waals surface area (Å²) in [6, 6.07) is 13.4. The van der Waals surface area contributed by atoms with E-state index < -0.39 is 0 Å². The topological polar surface area (TPSA) is 63.2 Å². The van der Waals surface area contributed by atoms with Gasteiger partial charge < -0.3 is 15.4 Å². The molecule has 0 saturated carbocycles. The lowest BCUT2D eigenvalue weighted by Gasteiger charge is -2.09. The average molecular weight is 454 g/mol. The Morgan fingerprint density at radius 3 is 1.97 bits per heavy atom. The van der Waals surface area contributed by atoms with Gasteiger partial charge in [0.25, 0.3) is 0 Å². The van der Waals surface area contributed by atoms with Crippen molar-refractivity contribution < 1.29 is 9.53 Å². The summed E-state index contributed by atoms with van der Waals surface area (Å²) in [5.41, 5.74) is 1.88. The molecule has 0 aliphatic heterocycles. The zero-order chi connectivity index (χ0) is 23.4. The molecule has 1 aromatic heterocycles. The molecule has 0 bridgehead atoms. The maximum absolute atomic E-state index is 11.9. The van der Waals surface area contributed by atoms with Crippen LogP contribution in [0.1, 0.15) is 95.2 Å². The molecule has 0 atom stereocenters. The second-order valence-corrected chi connectivity index (χ2v) is 8.74. The van der Waals surface area contributed by atoms with E-state index in [2.05, 4.69) is 22.5 Å². The summed E-state index contributed by atoms with van der Waals surface area (Å²) in [5, 5.41) is 5.68. The number of nitrogens with zero attached hydrogens (tertiary/aromatic N) is 1. The highest BCUT2D eigenvalue weighted by molar-refractivity contribution is 5.73. The molecule has 0 fully saturated rings. The number of unbranched alkanes of at least 4 members (excludes halogenated alkanes) is 11. The number of rotatable bonds is 18. The minimum Gasteiger partial charge on any atom is -0.494 e. The number of ether oxygens (including phenoxy) is 1. The minimum absolute atomic E-state index is 0.201. The standard InChI is InChI=1S/C28H43N3O2/c1-2-3-4-5-6-7-8-9-10-11-12-15-22-33-27-19-17-25(18-20-27)23-30-28(32)31-24-26-16-13-14-21-29-26/h13-14,16-21H,2-12,15,22-24H2,1H3,(H2,30,31,32). The van der Waals surface area contributed by atoms with E-state index in [0.717, 1.165) is 30.0 Å². The van der Waals surface area contributed by atoms with Gasteiger partial charge in [0.05, 0.1) is 18.8 Å². The Hall–Kier alpha value is -2.56. The van der Waals surface area contributed by atoms with Crippen LogP contribution >= 0.6 is 0 Å². The SMILES string of the molecule is CCCCCCCCCCCCCCOc1ccc(CNC(=O)NCc2ccccn2)cc1. The number of urea groups is 1. The van der Waals surface area contributed by atoms with E-state index in [4.69, 9.17) is 4.74 Å². The first kappa shape index (κ1) is 26.7. The predicted molar refractivity (Wildman–Crippen MR) is 136 cm³/mol. The lowest BCUT2D eigenvalue weighted by molar-refractivity contribution is 0.240. The number of nitrogens with one attached hydrogen (secondary N) is 2. The van der Waals surface area contributed by atoms with Crippen LogP contribution in [0.2, 0.25) is 0 Å². The third-order valence-corrected chi connectivity index (χ3v) is 5.80. The van der Waals surface area contributed by atoms with E-state index in [9.17, 15) is 4.79 Å². The second-order valence-electron chi connectivity index (χ2n) is 8.74. The molecule has 0 spiro atoms. The molecule has 1 aromatic carbocycles. The summed E-state index contributed by atoms with van der Waals surface area (Å²) in [5.74, 6) is 0.890. The third-order valence-electron chi connectivity index (χ3n) is 5.80. The Kier molecular flexibility index (Phi) is 14.5. The summed E-state index contributed by atoms with van der Waals surface area (Å²) in [7, 11) is 0. The third kappa shape index (κ3) is 13.6. The van der Waals surface area contributed by atoms with Gasteiger partial charge >= 0.3 is 6.03 Å². The monoisotopic (exact) mass is 453 g/mol. The molecule has 2 aromatic rings. The van der Waals surface area contributed by atoms with Gasteiger partial charge in [0.1, 0.15) is 5.75 Å². The van der Waals surface area contributed by atoms with E-state index >= 15 is 0 Å². The Morgan fingerprint density at radius 1 is 0.758 bits per heavy atom. The summed E-state index contributed by atoms with van der Waals surface area (Å²) in [4.78, 5) is 16.1. The molecule has 0 unspecified atom stereocenters. The molecule has 0 saturated heterocycles. The van der Waals surface area contributed by atoms with Crippen molar-refractivity contribution in [3.63, 3.8) is 0 Å². The van der Waals surface area contributed by atoms with Crippen molar-refractivity contribution in [3.05, 3.63) is 59.9 Å². The fourth-order valence-electron chi connectivity index (χ4n) is 3.75. The largest absolute Gasteiger partial charge is 0.494 e. The van der Waals surface area contributed by atoms with Crippen LogP contribution in [0.5, 0.6) is 5.75 Å². The first-order valence-corrected chi connectivity index (χ1v) is 12.9. The normalized spacial score (nSPS) is 10.7. The second kappa shape index (κ2) is 17.9.